The number of amidine groups is 1. The average molecular weight is 453 g/mol. The Balaban J connectivity index is 0.000000236. The third-order valence-electron chi connectivity index (χ3n) is 4.51. The molecule has 0 spiro atoms. The Labute approximate surface area is 175 Å². The molecule has 1 aromatic rings. The number of aromatic nitrogens is 2. The Morgan fingerprint density at radius 3 is 2.10 bits per heavy atom. The van der Waals surface area contributed by atoms with E-state index >= 15 is 0 Å². The lowest BCUT2D eigenvalue weighted by Gasteiger charge is -2.05. The van der Waals surface area contributed by atoms with Crippen LogP contribution < -0.4 is 5.73 Å². The van der Waals surface area contributed by atoms with Crippen LogP contribution >= 0.6 is 11.6 Å². The van der Waals surface area contributed by atoms with Crippen LogP contribution in [0.5, 0.6) is 0 Å². The summed E-state index contributed by atoms with van der Waals surface area (Å²) < 4.78 is 33.4. The summed E-state index contributed by atoms with van der Waals surface area (Å²) in [6, 6.07) is 0. The van der Waals surface area contributed by atoms with Gasteiger partial charge in [-0.25, -0.2) is 13.6 Å². The smallest absolute Gasteiger partial charge is 0.391 e. The van der Waals surface area contributed by atoms with Crippen LogP contribution in [0.3, 0.4) is 0 Å². The molecule has 3 rings (SSSR count). The largest absolute Gasteiger partial charge is 0.459 e. The molecule has 0 aliphatic heterocycles. The molecule has 0 aromatic carbocycles. The number of hydrogen-bond acceptors (Lipinski definition) is 9. The summed E-state index contributed by atoms with van der Waals surface area (Å²) in [5.41, 5.74) is 4.05. The van der Waals surface area contributed by atoms with Crippen molar-refractivity contribution < 1.29 is 37.6 Å². The summed E-state index contributed by atoms with van der Waals surface area (Å²) in [5, 5.41) is 13.4. The molecular weight excluding hydrogens is 430 g/mol. The van der Waals surface area contributed by atoms with Gasteiger partial charge in [0.05, 0.1) is 17.4 Å². The van der Waals surface area contributed by atoms with Crippen molar-refractivity contribution in [3.8, 4) is 0 Å². The number of ether oxygens (including phenoxy) is 1. The zero-order valence-electron chi connectivity index (χ0n) is 16.5. The number of nitrogens with two attached hydrogens (primary N) is 1. The normalized spacial score (nSPS) is 17.4. The van der Waals surface area contributed by atoms with E-state index < -0.39 is 35.4 Å². The number of halogens is 3. The molecule has 10 nitrogen and oxygen atoms in total. The van der Waals surface area contributed by atoms with E-state index in [1.54, 1.807) is 6.92 Å². The Morgan fingerprint density at radius 2 is 1.87 bits per heavy atom. The Bertz CT molecular complexity index is 793. The Hall–Kier alpha value is -2.63. The van der Waals surface area contributed by atoms with Crippen molar-refractivity contribution in [3.63, 3.8) is 0 Å². The third-order valence-corrected chi connectivity index (χ3v) is 4.66. The Kier molecular flexibility index (Phi) is 9.27. The SMILES string of the molecule is CC(=O)c1nc(C2(CF)CC2)no1.CCOC(=O)C(=O)Cl.N/C(=N/O)C1(CF)CC1. The van der Waals surface area contributed by atoms with Crippen LogP contribution in [0, 0.1) is 5.41 Å². The fraction of sp³-hybridized carbons (Fsp3) is 0.647. The average Bonchev–Trinajstić information content (AvgIpc) is 3.65. The van der Waals surface area contributed by atoms with Gasteiger partial charge in [0.15, 0.2) is 5.82 Å². The second-order valence-electron chi connectivity index (χ2n) is 6.79. The number of carbonyl (C=O) groups excluding carboxylic acids is 3. The lowest BCUT2D eigenvalue weighted by atomic mass is 10.1. The van der Waals surface area contributed by atoms with Crippen LogP contribution in [0.1, 0.15) is 56.0 Å². The van der Waals surface area contributed by atoms with Crippen LogP contribution in [0.15, 0.2) is 9.68 Å². The van der Waals surface area contributed by atoms with Gasteiger partial charge in [0.25, 0.3) is 5.89 Å². The summed E-state index contributed by atoms with van der Waals surface area (Å²) in [4.78, 5) is 34.5. The first-order valence-electron chi connectivity index (χ1n) is 8.93. The molecule has 3 N–H and O–H groups in total. The number of rotatable bonds is 7. The molecule has 2 fully saturated rings. The van der Waals surface area contributed by atoms with Gasteiger partial charge in [-0.15, -0.1) is 0 Å². The highest BCUT2D eigenvalue weighted by Crippen LogP contribution is 2.47. The van der Waals surface area contributed by atoms with E-state index in [2.05, 4.69) is 24.6 Å². The number of Topliss-reactive ketones (excluding diaryl/α,β-unsaturated/α-hetero) is 1. The molecule has 2 aliphatic carbocycles. The summed E-state index contributed by atoms with van der Waals surface area (Å²) in [6.45, 7) is 2.12. The predicted octanol–water partition coefficient (Wildman–Crippen LogP) is 2.07. The summed E-state index contributed by atoms with van der Waals surface area (Å²) in [7, 11) is 0. The maximum absolute atomic E-state index is 12.5. The fourth-order valence-corrected chi connectivity index (χ4v) is 2.11. The molecule has 0 radical (unpaired) electrons. The minimum Gasteiger partial charge on any atom is -0.459 e. The molecule has 2 saturated carbocycles. The fourth-order valence-electron chi connectivity index (χ4n) is 2.05. The minimum absolute atomic E-state index is 0.0324. The molecule has 2 aliphatic rings. The van der Waals surface area contributed by atoms with Crippen molar-refractivity contribution in [3.05, 3.63) is 11.7 Å². The second kappa shape index (κ2) is 11.0. The molecule has 13 heteroatoms. The maximum atomic E-state index is 12.5. The summed E-state index contributed by atoms with van der Waals surface area (Å²) >= 11 is 4.69. The maximum Gasteiger partial charge on any atom is 0.391 e. The number of hydrogen-bond donors (Lipinski definition) is 2. The molecule has 0 saturated heterocycles. The molecule has 1 aromatic heterocycles. The molecule has 0 unspecified atom stereocenters. The van der Waals surface area contributed by atoms with Crippen LogP contribution in [0.4, 0.5) is 8.78 Å². The molecule has 30 heavy (non-hydrogen) atoms. The highest BCUT2D eigenvalue weighted by molar-refractivity contribution is 6.80. The van der Waals surface area contributed by atoms with Crippen molar-refractivity contribution in [1.29, 1.82) is 0 Å². The van der Waals surface area contributed by atoms with Crippen LogP contribution in [-0.2, 0) is 19.7 Å². The molecule has 0 bridgehead atoms. The standard InChI is InChI=1S/C8H9FN2O2.C5H9FN2O.C4H5ClO3/c1-5(12)6-10-7(11-13-6)8(4-9)2-3-8;6-3-5(1-2-5)4(7)8-9;1-2-8-4(7)3(5)6/h2-4H2,1H3;9H,1-3H2,(H2,7,8);2H2,1H3. The zero-order chi connectivity index (χ0) is 22.9. The predicted molar refractivity (Wildman–Crippen MR) is 99.7 cm³/mol. The van der Waals surface area contributed by atoms with E-state index in [-0.39, 0.29) is 24.1 Å². The first kappa shape index (κ1) is 25.4. The van der Waals surface area contributed by atoms with Gasteiger partial charge in [-0.3, -0.25) is 9.59 Å². The highest BCUT2D eigenvalue weighted by Gasteiger charge is 2.49. The number of esters is 1. The Morgan fingerprint density at radius 1 is 1.27 bits per heavy atom. The topological polar surface area (TPSA) is 158 Å². The lowest BCUT2D eigenvalue weighted by Crippen LogP contribution is -2.26. The van der Waals surface area contributed by atoms with Gasteiger partial charge >= 0.3 is 11.2 Å². The highest BCUT2D eigenvalue weighted by atomic mass is 35.5. The quantitative estimate of drug-likeness (QED) is 0.0922. The van der Waals surface area contributed by atoms with Gasteiger partial charge in [0, 0.05) is 6.92 Å². The third kappa shape index (κ3) is 6.71. The molecule has 168 valence electrons. The first-order valence-corrected chi connectivity index (χ1v) is 9.30. The molecular formula is C17H23ClF2N4O6. The van der Waals surface area contributed by atoms with Crippen LogP contribution in [0.25, 0.3) is 0 Å². The van der Waals surface area contributed by atoms with E-state index in [9.17, 15) is 23.2 Å². The van der Waals surface area contributed by atoms with Gasteiger partial charge in [0.2, 0.25) is 5.78 Å². The van der Waals surface area contributed by atoms with E-state index in [0.29, 0.717) is 18.7 Å². The summed E-state index contributed by atoms with van der Waals surface area (Å²) in [5.74, 6) is -0.942. The number of carbonyl (C=O) groups is 3. The van der Waals surface area contributed by atoms with Gasteiger partial charge in [-0.05, 0) is 44.2 Å². The van der Waals surface area contributed by atoms with Crippen LogP contribution in [-0.4, -0.2) is 58.1 Å². The van der Waals surface area contributed by atoms with E-state index in [1.165, 1.54) is 6.92 Å². The van der Waals surface area contributed by atoms with Crippen molar-refractivity contribution in [1.82, 2.24) is 10.1 Å². The zero-order valence-corrected chi connectivity index (χ0v) is 17.2. The molecule has 0 atom stereocenters. The van der Waals surface area contributed by atoms with Crippen LogP contribution in [0.2, 0.25) is 0 Å². The van der Waals surface area contributed by atoms with E-state index in [4.69, 9.17) is 22.5 Å². The van der Waals surface area contributed by atoms with Crippen molar-refractivity contribution in [2.24, 2.45) is 16.3 Å². The van der Waals surface area contributed by atoms with Crippen molar-refractivity contribution in [2.45, 2.75) is 44.9 Å². The minimum atomic E-state index is -1.08. The van der Waals surface area contributed by atoms with Gasteiger partial charge < -0.3 is 20.2 Å². The monoisotopic (exact) mass is 452 g/mol. The van der Waals surface area contributed by atoms with Crippen molar-refractivity contribution in [2.75, 3.05) is 20.0 Å². The second-order valence-corrected chi connectivity index (χ2v) is 7.13. The van der Waals surface area contributed by atoms with Gasteiger partial charge in [-0.1, -0.05) is 10.3 Å². The van der Waals surface area contributed by atoms with Gasteiger partial charge in [-0.2, -0.15) is 4.98 Å². The number of nitrogens with zero attached hydrogens (tertiary/aromatic N) is 3. The van der Waals surface area contributed by atoms with Crippen molar-refractivity contribution >= 4 is 34.4 Å². The number of oxime groups is 1. The summed E-state index contributed by atoms with van der Waals surface area (Å²) in [6.07, 6.45) is 2.89. The lowest BCUT2D eigenvalue weighted by molar-refractivity contribution is -0.149. The molecule has 0 amide bonds. The molecule has 1 heterocycles. The van der Waals surface area contributed by atoms with E-state index in [1.807, 2.05) is 0 Å². The number of alkyl halides is 2. The van der Waals surface area contributed by atoms with E-state index in [0.717, 1.165) is 12.8 Å². The number of ketones is 1. The van der Waals surface area contributed by atoms with Gasteiger partial charge in [0.1, 0.15) is 19.2 Å². The first-order chi connectivity index (χ1) is 14.1.